The molecule has 0 unspecified atom stereocenters. The van der Waals surface area contributed by atoms with E-state index in [4.69, 9.17) is 0 Å². The van der Waals surface area contributed by atoms with Gasteiger partial charge in [0.2, 0.25) is 0 Å². The highest BCUT2D eigenvalue weighted by Gasteiger charge is 2.01. The Morgan fingerprint density at radius 1 is 1.91 bits per heavy atom. The highest BCUT2D eigenvalue weighted by atomic mass is 32.1. The van der Waals surface area contributed by atoms with E-state index in [1.165, 1.54) is 18.4 Å². The average molecular weight is 172 g/mol. The maximum absolute atomic E-state index is 10.8. The minimum Gasteiger partial charge on any atom is -0.375 e. The summed E-state index contributed by atoms with van der Waals surface area (Å²) in [4.78, 5) is 14.7. The van der Waals surface area contributed by atoms with Crippen molar-refractivity contribution in [2.75, 3.05) is 19.0 Å². The lowest BCUT2D eigenvalue weighted by atomic mass is 10.6. The summed E-state index contributed by atoms with van der Waals surface area (Å²) in [6.45, 7) is 0.0690. The minimum atomic E-state index is -0.178. The van der Waals surface area contributed by atoms with Crippen LogP contribution in [0.2, 0.25) is 0 Å². The number of methoxy groups -OCH3 is 1. The number of aromatic nitrogens is 1. The van der Waals surface area contributed by atoms with Crippen molar-refractivity contribution in [3.05, 3.63) is 11.6 Å². The molecule has 60 valence electrons. The number of carbonyl (C=O) groups is 1. The van der Waals surface area contributed by atoms with Crippen molar-refractivity contribution in [2.24, 2.45) is 0 Å². The first-order valence-electron chi connectivity index (χ1n) is 3.01. The standard InChI is InChI=1S/C6H8N2O2S/c1-10-4-5(9)8-6-7-2-3-11-6/h2-3H,4H2,1H3,(H,7,8,9). The van der Waals surface area contributed by atoms with Crippen molar-refractivity contribution < 1.29 is 9.53 Å². The molecule has 1 N–H and O–H groups in total. The molecule has 0 aromatic carbocycles. The molecule has 1 rings (SSSR count). The number of nitrogens with one attached hydrogen (secondary N) is 1. The number of hydrogen-bond acceptors (Lipinski definition) is 4. The molecule has 0 saturated heterocycles. The van der Waals surface area contributed by atoms with E-state index < -0.39 is 0 Å². The van der Waals surface area contributed by atoms with Crippen LogP contribution in [-0.2, 0) is 9.53 Å². The second-order valence-electron chi connectivity index (χ2n) is 1.82. The normalized spacial score (nSPS) is 9.55. The fraction of sp³-hybridized carbons (Fsp3) is 0.333. The molecular formula is C6H8N2O2S. The molecule has 4 nitrogen and oxygen atoms in total. The number of thiazole rings is 1. The van der Waals surface area contributed by atoms with Crippen LogP contribution in [0.25, 0.3) is 0 Å². The van der Waals surface area contributed by atoms with Crippen molar-refractivity contribution in [1.29, 1.82) is 0 Å². The third-order valence-electron chi connectivity index (χ3n) is 0.954. The van der Waals surface area contributed by atoms with Crippen LogP contribution in [0.3, 0.4) is 0 Å². The van der Waals surface area contributed by atoms with Crippen LogP contribution in [0.1, 0.15) is 0 Å². The number of nitrogens with zero attached hydrogens (tertiary/aromatic N) is 1. The van der Waals surface area contributed by atoms with E-state index in [0.717, 1.165) is 0 Å². The molecule has 0 atom stereocenters. The zero-order valence-corrected chi connectivity index (χ0v) is 6.85. The summed E-state index contributed by atoms with van der Waals surface area (Å²) >= 11 is 1.38. The number of hydrogen-bond donors (Lipinski definition) is 1. The monoisotopic (exact) mass is 172 g/mol. The van der Waals surface area contributed by atoms with E-state index in [2.05, 4.69) is 15.0 Å². The highest BCUT2D eigenvalue weighted by Crippen LogP contribution is 2.09. The Morgan fingerprint density at radius 2 is 2.73 bits per heavy atom. The first-order chi connectivity index (χ1) is 5.33. The maximum atomic E-state index is 10.8. The fourth-order valence-electron chi connectivity index (χ4n) is 0.572. The van der Waals surface area contributed by atoms with Gasteiger partial charge in [-0.15, -0.1) is 11.3 Å². The predicted molar refractivity (Wildman–Crippen MR) is 42.6 cm³/mol. The predicted octanol–water partition coefficient (Wildman–Crippen LogP) is 0.728. The van der Waals surface area contributed by atoms with Crippen molar-refractivity contribution in [3.63, 3.8) is 0 Å². The summed E-state index contributed by atoms with van der Waals surface area (Å²) in [6.07, 6.45) is 1.63. The van der Waals surface area contributed by atoms with Gasteiger partial charge in [-0.1, -0.05) is 0 Å². The highest BCUT2D eigenvalue weighted by molar-refractivity contribution is 7.13. The van der Waals surface area contributed by atoms with Crippen LogP contribution in [-0.4, -0.2) is 24.6 Å². The van der Waals surface area contributed by atoms with E-state index in [1.807, 2.05) is 0 Å². The molecule has 0 bridgehead atoms. The van der Waals surface area contributed by atoms with Gasteiger partial charge in [0.15, 0.2) is 5.13 Å². The summed E-state index contributed by atoms with van der Waals surface area (Å²) in [6, 6.07) is 0. The molecule has 0 radical (unpaired) electrons. The Bertz CT molecular complexity index is 222. The molecule has 0 spiro atoms. The van der Waals surface area contributed by atoms with Gasteiger partial charge in [0.05, 0.1) is 0 Å². The van der Waals surface area contributed by atoms with Gasteiger partial charge >= 0.3 is 0 Å². The molecule has 1 amide bonds. The Morgan fingerprint density at radius 3 is 3.27 bits per heavy atom. The summed E-state index contributed by atoms with van der Waals surface area (Å²) in [5, 5.41) is 4.96. The molecular weight excluding hydrogens is 164 g/mol. The third-order valence-corrected chi connectivity index (χ3v) is 1.64. The summed E-state index contributed by atoms with van der Waals surface area (Å²) in [5.41, 5.74) is 0. The second-order valence-corrected chi connectivity index (χ2v) is 2.71. The van der Waals surface area contributed by atoms with E-state index in [-0.39, 0.29) is 12.5 Å². The van der Waals surface area contributed by atoms with Gasteiger partial charge in [0.1, 0.15) is 6.61 Å². The van der Waals surface area contributed by atoms with Gasteiger partial charge in [-0.3, -0.25) is 10.1 Å². The van der Waals surface area contributed by atoms with Gasteiger partial charge in [0, 0.05) is 18.7 Å². The summed E-state index contributed by atoms with van der Waals surface area (Å²) < 4.78 is 4.62. The van der Waals surface area contributed by atoms with Crippen LogP contribution >= 0.6 is 11.3 Å². The van der Waals surface area contributed by atoms with Crippen molar-refractivity contribution >= 4 is 22.4 Å². The summed E-state index contributed by atoms with van der Waals surface area (Å²) in [5.74, 6) is -0.178. The first-order valence-corrected chi connectivity index (χ1v) is 3.89. The van der Waals surface area contributed by atoms with E-state index in [1.54, 1.807) is 11.6 Å². The number of rotatable bonds is 3. The molecule has 5 heteroatoms. The van der Waals surface area contributed by atoms with Crippen LogP contribution < -0.4 is 5.32 Å². The van der Waals surface area contributed by atoms with Gasteiger partial charge in [-0.05, 0) is 0 Å². The SMILES string of the molecule is COCC(=O)Nc1nccs1. The fourth-order valence-corrected chi connectivity index (χ4v) is 1.12. The zero-order valence-electron chi connectivity index (χ0n) is 6.03. The lowest BCUT2D eigenvalue weighted by molar-refractivity contribution is -0.119. The second kappa shape index (κ2) is 4.05. The molecule has 0 aliphatic heterocycles. The van der Waals surface area contributed by atoms with Gasteiger partial charge in [-0.25, -0.2) is 4.98 Å². The molecule has 1 heterocycles. The first kappa shape index (κ1) is 8.16. The number of carbonyl (C=O) groups excluding carboxylic acids is 1. The van der Waals surface area contributed by atoms with Crippen LogP contribution in [0.15, 0.2) is 11.6 Å². The molecule has 0 fully saturated rings. The molecule has 0 aliphatic carbocycles. The Balaban J connectivity index is 2.37. The molecule has 0 aliphatic rings. The van der Waals surface area contributed by atoms with Crippen molar-refractivity contribution in [1.82, 2.24) is 4.98 Å². The molecule has 1 aromatic heterocycles. The van der Waals surface area contributed by atoms with E-state index in [9.17, 15) is 4.79 Å². The van der Waals surface area contributed by atoms with E-state index >= 15 is 0 Å². The quantitative estimate of drug-likeness (QED) is 0.731. The summed E-state index contributed by atoms with van der Waals surface area (Å²) in [7, 11) is 1.47. The van der Waals surface area contributed by atoms with Crippen molar-refractivity contribution in [2.45, 2.75) is 0 Å². The number of anilines is 1. The Hall–Kier alpha value is -0.940. The van der Waals surface area contributed by atoms with Crippen LogP contribution in [0.5, 0.6) is 0 Å². The Kier molecular flexibility index (Phi) is 3.00. The number of amides is 1. The molecule has 1 aromatic rings. The lowest BCUT2D eigenvalue weighted by Crippen LogP contribution is -2.16. The van der Waals surface area contributed by atoms with Crippen LogP contribution in [0.4, 0.5) is 5.13 Å². The largest absolute Gasteiger partial charge is 0.375 e. The lowest BCUT2D eigenvalue weighted by Gasteiger charge is -1.97. The minimum absolute atomic E-state index is 0.0690. The number of ether oxygens (including phenoxy) is 1. The maximum Gasteiger partial charge on any atom is 0.252 e. The third kappa shape index (κ3) is 2.65. The van der Waals surface area contributed by atoms with E-state index in [0.29, 0.717) is 5.13 Å². The zero-order chi connectivity index (χ0) is 8.10. The van der Waals surface area contributed by atoms with Gasteiger partial charge in [0.25, 0.3) is 5.91 Å². The average Bonchev–Trinajstić information content (AvgIpc) is 2.40. The Labute approximate surface area is 68.2 Å². The molecule has 0 saturated carbocycles. The smallest absolute Gasteiger partial charge is 0.252 e. The molecule has 11 heavy (non-hydrogen) atoms. The van der Waals surface area contributed by atoms with Gasteiger partial charge in [-0.2, -0.15) is 0 Å². The van der Waals surface area contributed by atoms with Gasteiger partial charge < -0.3 is 4.74 Å². The van der Waals surface area contributed by atoms with Crippen LogP contribution in [0, 0.1) is 0 Å². The van der Waals surface area contributed by atoms with Crippen molar-refractivity contribution in [3.8, 4) is 0 Å². The topological polar surface area (TPSA) is 51.2 Å².